The molecule has 1 aromatic rings. The van der Waals surface area contributed by atoms with Crippen molar-refractivity contribution in [1.29, 1.82) is 0 Å². The van der Waals surface area contributed by atoms with E-state index < -0.39 is 0 Å². The van der Waals surface area contributed by atoms with Crippen LogP contribution in [0.25, 0.3) is 0 Å². The number of hydrogen-bond acceptors (Lipinski definition) is 3. The van der Waals surface area contributed by atoms with Crippen molar-refractivity contribution in [3.05, 3.63) is 33.8 Å². The smallest absolute Gasteiger partial charge is 0.193 e. The third kappa shape index (κ3) is 6.24. The first-order valence-electron chi connectivity index (χ1n) is 10.3. The summed E-state index contributed by atoms with van der Waals surface area (Å²) in [6.07, 6.45) is 6.98. The normalized spacial score (nSPS) is 21.8. The van der Waals surface area contributed by atoms with E-state index in [-0.39, 0.29) is 6.10 Å². The van der Waals surface area contributed by atoms with Crippen molar-refractivity contribution < 1.29 is 9.47 Å². The van der Waals surface area contributed by atoms with Crippen LogP contribution in [0.2, 0.25) is 10.0 Å². The Bertz CT molecular complexity index is 622. The van der Waals surface area contributed by atoms with Gasteiger partial charge in [0.2, 0.25) is 0 Å². The van der Waals surface area contributed by atoms with Crippen molar-refractivity contribution in [1.82, 2.24) is 10.2 Å². The Hall–Kier alpha value is -1.01. The molecule has 3 rings (SSSR count). The third-order valence-electron chi connectivity index (χ3n) is 5.46. The lowest BCUT2D eigenvalue weighted by molar-refractivity contribution is -0.0721. The van der Waals surface area contributed by atoms with Gasteiger partial charge in [0.1, 0.15) is 0 Å². The predicted octanol–water partition coefficient (Wildman–Crippen LogP) is 4.16. The third-order valence-corrected chi connectivity index (χ3v) is 6.17. The molecule has 0 aliphatic carbocycles. The van der Waals surface area contributed by atoms with E-state index in [1.165, 1.54) is 12.8 Å². The van der Waals surface area contributed by atoms with Gasteiger partial charge in [-0.1, -0.05) is 29.3 Å². The fourth-order valence-electron chi connectivity index (χ4n) is 3.82. The number of aliphatic imine (C=N–C) groups is 1. The van der Waals surface area contributed by atoms with E-state index in [0.29, 0.717) is 16.1 Å². The Morgan fingerprint density at radius 2 is 1.96 bits per heavy atom. The summed E-state index contributed by atoms with van der Waals surface area (Å²) in [6, 6.07) is 5.62. The highest BCUT2D eigenvalue weighted by atomic mass is 35.5. The van der Waals surface area contributed by atoms with Gasteiger partial charge in [-0.2, -0.15) is 0 Å². The highest BCUT2D eigenvalue weighted by Crippen LogP contribution is 2.24. The van der Waals surface area contributed by atoms with Crippen LogP contribution in [0.5, 0.6) is 0 Å². The molecule has 2 aliphatic rings. The lowest BCUT2D eigenvalue weighted by atomic mass is 10.1. The summed E-state index contributed by atoms with van der Waals surface area (Å²) in [6.45, 7) is 4.25. The average molecular weight is 428 g/mol. The Morgan fingerprint density at radius 1 is 1.21 bits per heavy atom. The zero-order chi connectivity index (χ0) is 19.8. The first-order valence-corrected chi connectivity index (χ1v) is 11.0. The summed E-state index contributed by atoms with van der Waals surface area (Å²) in [7, 11) is 1.83. The Labute approximate surface area is 178 Å². The first kappa shape index (κ1) is 21.7. The molecule has 0 bridgehead atoms. The monoisotopic (exact) mass is 427 g/mol. The van der Waals surface area contributed by atoms with Gasteiger partial charge in [-0.3, -0.25) is 4.99 Å². The van der Waals surface area contributed by atoms with Crippen molar-refractivity contribution in [2.24, 2.45) is 4.99 Å². The highest BCUT2D eigenvalue weighted by molar-refractivity contribution is 6.35. The van der Waals surface area contributed by atoms with E-state index in [0.717, 1.165) is 70.1 Å². The zero-order valence-corrected chi connectivity index (χ0v) is 18.1. The van der Waals surface area contributed by atoms with Crippen LogP contribution in [0.15, 0.2) is 23.2 Å². The number of guanidine groups is 1. The van der Waals surface area contributed by atoms with Crippen molar-refractivity contribution in [2.45, 2.75) is 50.7 Å². The Balaban J connectivity index is 1.38. The number of nitrogens with zero attached hydrogens (tertiary/aromatic N) is 2. The van der Waals surface area contributed by atoms with E-state index in [2.05, 4.69) is 15.2 Å². The van der Waals surface area contributed by atoms with Gasteiger partial charge in [-0.15, -0.1) is 0 Å². The van der Waals surface area contributed by atoms with Gasteiger partial charge in [0.25, 0.3) is 0 Å². The molecule has 2 aliphatic heterocycles. The lowest BCUT2D eigenvalue weighted by Gasteiger charge is -2.35. The van der Waals surface area contributed by atoms with E-state index in [1.807, 2.05) is 25.2 Å². The summed E-state index contributed by atoms with van der Waals surface area (Å²) in [5.74, 6) is 0.928. The maximum Gasteiger partial charge on any atom is 0.193 e. The minimum Gasteiger partial charge on any atom is -0.376 e. The van der Waals surface area contributed by atoms with Crippen LogP contribution in [0, 0.1) is 0 Å². The van der Waals surface area contributed by atoms with Gasteiger partial charge in [-0.05, 0) is 56.2 Å². The Morgan fingerprint density at radius 3 is 2.61 bits per heavy atom. The molecule has 5 nitrogen and oxygen atoms in total. The minimum atomic E-state index is 0.290. The number of rotatable bonds is 6. The summed E-state index contributed by atoms with van der Waals surface area (Å²) in [5, 5.41) is 4.86. The molecule has 1 atom stereocenters. The molecule has 156 valence electrons. The molecule has 0 aromatic heterocycles. The van der Waals surface area contributed by atoms with Crippen molar-refractivity contribution >= 4 is 29.2 Å². The van der Waals surface area contributed by atoms with Gasteiger partial charge >= 0.3 is 0 Å². The van der Waals surface area contributed by atoms with E-state index in [1.54, 1.807) is 0 Å². The highest BCUT2D eigenvalue weighted by Gasteiger charge is 2.23. The topological polar surface area (TPSA) is 46.1 Å². The van der Waals surface area contributed by atoms with Gasteiger partial charge in [-0.25, -0.2) is 0 Å². The molecule has 28 heavy (non-hydrogen) atoms. The number of likely N-dealkylation sites (tertiary alicyclic amines) is 1. The van der Waals surface area contributed by atoms with Crippen LogP contribution in [0.4, 0.5) is 0 Å². The van der Waals surface area contributed by atoms with Crippen molar-refractivity contribution in [2.75, 3.05) is 39.9 Å². The summed E-state index contributed by atoms with van der Waals surface area (Å²) >= 11 is 12.5. The summed E-state index contributed by atoms with van der Waals surface area (Å²) < 4.78 is 11.9. The van der Waals surface area contributed by atoms with Crippen LogP contribution in [-0.2, 0) is 15.9 Å². The molecule has 1 unspecified atom stereocenters. The number of halogens is 2. The van der Waals surface area contributed by atoms with Crippen LogP contribution >= 0.6 is 23.2 Å². The molecule has 1 aromatic carbocycles. The van der Waals surface area contributed by atoms with E-state index in [4.69, 9.17) is 32.7 Å². The van der Waals surface area contributed by atoms with Crippen LogP contribution in [0.3, 0.4) is 0 Å². The maximum absolute atomic E-state index is 6.25. The number of nitrogens with one attached hydrogen (secondary N) is 1. The molecule has 2 fully saturated rings. The largest absolute Gasteiger partial charge is 0.376 e. The number of benzene rings is 1. The number of hydrogen-bond donors (Lipinski definition) is 1. The second-order valence-corrected chi connectivity index (χ2v) is 8.25. The van der Waals surface area contributed by atoms with Crippen LogP contribution in [0.1, 0.15) is 37.7 Å². The van der Waals surface area contributed by atoms with Gasteiger partial charge < -0.3 is 19.7 Å². The minimum absolute atomic E-state index is 0.290. The van der Waals surface area contributed by atoms with Crippen molar-refractivity contribution in [3.63, 3.8) is 0 Å². The maximum atomic E-state index is 6.25. The molecule has 2 heterocycles. The average Bonchev–Trinajstić information content (AvgIpc) is 2.73. The molecular formula is C21H31Cl2N3O2. The molecule has 0 saturated carbocycles. The van der Waals surface area contributed by atoms with Gasteiger partial charge in [0.05, 0.1) is 18.8 Å². The SMILES string of the molecule is CN=C(NCCc1c(Cl)cccc1Cl)N1CCC(OCC2CCCCO2)CC1. The standard InChI is InChI=1S/C21H31Cl2N3O2/c1-24-21(25-11-8-18-19(22)6-4-7-20(18)23)26-12-9-16(10-13-26)28-15-17-5-2-3-14-27-17/h4,6-7,16-17H,2-3,5,8-15H2,1H3,(H,24,25). The molecule has 0 amide bonds. The second-order valence-electron chi connectivity index (χ2n) is 7.43. The van der Waals surface area contributed by atoms with E-state index in [9.17, 15) is 0 Å². The fourth-order valence-corrected chi connectivity index (χ4v) is 4.41. The molecule has 2 saturated heterocycles. The molecule has 1 N–H and O–H groups in total. The fraction of sp³-hybridized carbons (Fsp3) is 0.667. The number of piperidine rings is 1. The van der Waals surface area contributed by atoms with Crippen LogP contribution < -0.4 is 5.32 Å². The molecule has 0 spiro atoms. The Kier molecular flexibility index (Phi) is 8.71. The van der Waals surface area contributed by atoms with E-state index >= 15 is 0 Å². The van der Waals surface area contributed by atoms with Gasteiger partial charge in [0, 0.05) is 43.3 Å². The van der Waals surface area contributed by atoms with Crippen LogP contribution in [-0.4, -0.2) is 63.0 Å². The van der Waals surface area contributed by atoms with Gasteiger partial charge in [0.15, 0.2) is 5.96 Å². The zero-order valence-electron chi connectivity index (χ0n) is 16.6. The molecule has 7 heteroatoms. The lowest BCUT2D eigenvalue weighted by Crippen LogP contribution is -2.47. The summed E-state index contributed by atoms with van der Waals surface area (Å²) in [5.41, 5.74) is 0.978. The van der Waals surface area contributed by atoms with Crippen molar-refractivity contribution in [3.8, 4) is 0 Å². The summed E-state index contributed by atoms with van der Waals surface area (Å²) in [4.78, 5) is 6.73. The second kappa shape index (κ2) is 11.2. The first-order chi connectivity index (χ1) is 13.7. The number of ether oxygens (including phenoxy) is 2. The predicted molar refractivity (Wildman–Crippen MR) is 116 cm³/mol. The quantitative estimate of drug-likeness (QED) is 0.546. The molecular weight excluding hydrogens is 397 g/mol. The molecule has 0 radical (unpaired) electrons.